The molecular formula is C18H14O2. The Balaban J connectivity index is 2.22. The Bertz CT molecular complexity index is 761. The van der Waals surface area contributed by atoms with Gasteiger partial charge >= 0.3 is 5.97 Å². The highest BCUT2D eigenvalue weighted by Crippen LogP contribution is 2.32. The minimum atomic E-state index is -0.305. The zero-order valence-electron chi connectivity index (χ0n) is 11.2. The van der Waals surface area contributed by atoms with Crippen LogP contribution in [0.2, 0.25) is 0 Å². The van der Waals surface area contributed by atoms with Crippen molar-refractivity contribution in [3.05, 3.63) is 66.7 Å². The molecule has 0 spiro atoms. The molecule has 0 unspecified atom stereocenters. The van der Waals surface area contributed by atoms with Crippen molar-refractivity contribution in [2.24, 2.45) is 0 Å². The molecule has 3 rings (SSSR count). The number of hydrogen-bond acceptors (Lipinski definition) is 2. The third-order valence-corrected chi connectivity index (χ3v) is 3.18. The van der Waals surface area contributed by atoms with Crippen LogP contribution in [0.1, 0.15) is 6.92 Å². The van der Waals surface area contributed by atoms with E-state index in [2.05, 4.69) is 6.07 Å². The first-order chi connectivity index (χ1) is 9.74. The van der Waals surface area contributed by atoms with Crippen LogP contribution in [-0.2, 0) is 4.79 Å². The van der Waals surface area contributed by atoms with Crippen LogP contribution in [0.5, 0.6) is 5.75 Å². The van der Waals surface area contributed by atoms with Gasteiger partial charge in [-0.2, -0.15) is 0 Å². The van der Waals surface area contributed by atoms with Gasteiger partial charge in [0.25, 0.3) is 0 Å². The number of carbonyl (C=O) groups is 1. The van der Waals surface area contributed by atoms with Crippen molar-refractivity contribution in [3.8, 4) is 16.9 Å². The van der Waals surface area contributed by atoms with Crippen LogP contribution >= 0.6 is 0 Å². The fourth-order valence-electron chi connectivity index (χ4n) is 2.31. The van der Waals surface area contributed by atoms with Crippen LogP contribution in [0.4, 0.5) is 0 Å². The predicted molar refractivity (Wildman–Crippen MR) is 80.7 cm³/mol. The Morgan fingerprint density at radius 1 is 0.850 bits per heavy atom. The van der Waals surface area contributed by atoms with E-state index < -0.39 is 0 Å². The second-order valence-electron chi connectivity index (χ2n) is 4.66. The average Bonchev–Trinajstić information content (AvgIpc) is 2.47. The van der Waals surface area contributed by atoms with Gasteiger partial charge in [0.05, 0.1) is 0 Å². The lowest BCUT2D eigenvalue weighted by Crippen LogP contribution is -2.02. The maximum atomic E-state index is 11.3. The van der Waals surface area contributed by atoms with E-state index in [1.54, 1.807) is 0 Å². The normalized spacial score (nSPS) is 10.4. The Morgan fingerprint density at radius 3 is 2.30 bits per heavy atom. The van der Waals surface area contributed by atoms with Gasteiger partial charge in [-0.1, -0.05) is 54.6 Å². The van der Waals surface area contributed by atoms with Crippen molar-refractivity contribution in [3.63, 3.8) is 0 Å². The average molecular weight is 262 g/mol. The van der Waals surface area contributed by atoms with Crippen molar-refractivity contribution < 1.29 is 9.53 Å². The van der Waals surface area contributed by atoms with E-state index in [0.717, 1.165) is 21.9 Å². The SMILES string of the molecule is CC(=O)Oc1cc(-c2ccccc2)cc2ccccc12. The summed E-state index contributed by atoms with van der Waals surface area (Å²) in [6.45, 7) is 1.42. The standard InChI is InChI=1S/C18H14O2/c1-13(19)20-18-12-16(14-7-3-2-4-8-14)11-15-9-5-6-10-17(15)18/h2-12H,1H3. The molecule has 0 aliphatic carbocycles. The molecule has 0 saturated heterocycles. The highest BCUT2D eigenvalue weighted by molar-refractivity contribution is 5.94. The number of hydrogen-bond donors (Lipinski definition) is 0. The lowest BCUT2D eigenvalue weighted by atomic mass is 10.0. The summed E-state index contributed by atoms with van der Waals surface area (Å²) >= 11 is 0. The molecule has 0 fully saturated rings. The Morgan fingerprint density at radius 2 is 1.55 bits per heavy atom. The van der Waals surface area contributed by atoms with Gasteiger partial charge in [0.1, 0.15) is 5.75 Å². The predicted octanol–water partition coefficient (Wildman–Crippen LogP) is 4.43. The topological polar surface area (TPSA) is 26.3 Å². The lowest BCUT2D eigenvalue weighted by Gasteiger charge is -2.10. The molecule has 0 N–H and O–H groups in total. The molecule has 0 heterocycles. The second-order valence-corrected chi connectivity index (χ2v) is 4.66. The first kappa shape index (κ1) is 12.4. The Kier molecular flexibility index (Phi) is 3.21. The summed E-state index contributed by atoms with van der Waals surface area (Å²) in [6, 6.07) is 22.0. The van der Waals surface area contributed by atoms with Crippen molar-refractivity contribution in [2.75, 3.05) is 0 Å². The number of esters is 1. The zero-order valence-corrected chi connectivity index (χ0v) is 11.2. The van der Waals surface area contributed by atoms with Crippen LogP contribution in [0, 0.1) is 0 Å². The fourth-order valence-corrected chi connectivity index (χ4v) is 2.31. The number of carbonyl (C=O) groups excluding carboxylic acids is 1. The molecule has 0 saturated carbocycles. The van der Waals surface area contributed by atoms with E-state index in [9.17, 15) is 4.79 Å². The van der Waals surface area contributed by atoms with Gasteiger partial charge in [-0.15, -0.1) is 0 Å². The van der Waals surface area contributed by atoms with Crippen LogP contribution in [0.15, 0.2) is 66.7 Å². The van der Waals surface area contributed by atoms with Crippen molar-refractivity contribution in [2.45, 2.75) is 6.92 Å². The summed E-state index contributed by atoms with van der Waals surface area (Å²) in [4.78, 5) is 11.3. The minimum Gasteiger partial charge on any atom is -0.426 e. The molecule has 3 aromatic rings. The Hall–Kier alpha value is -2.61. The van der Waals surface area contributed by atoms with E-state index >= 15 is 0 Å². The van der Waals surface area contributed by atoms with Gasteiger partial charge in [0.15, 0.2) is 0 Å². The summed E-state index contributed by atoms with van der Waals surface area (Å²) < 4.78 is 5.35. The first-order valence-electron chi connectivity index (χ1n) is 6.51. The smallest absolute Gasteiger partial charge is 0.308 e. The molecule has 0 atom stereocenters. The molecule has 2 nitrogen and oxygen atoms in total. The molecule has 0 aromatic heterocycles. The minimum absolute atomic E-state index is 0.305. The number of fused-ring (bicyclic) bond motifs is 1. The van der Waals surface area contributed by atoms with E-state index in [1.807, 2.05) is 60.7 Å². The zero-order chi connectivity index (χ0) is 13.9. The van der Waals surface area contributed by atoms with Crippen LogP contribution in [0.25, 0.3) is 21.9 Å². The van der Waals surface area contributed by atoms with Gasteiger partial charge in [0.2, 0.25) is 0 Å². The second kappa shape index (κ2) is 5.17. The summed E-state index contributed by atoms with van der Waals surface area (Å²) in [6.07, 6.45) is 0. The monoisotopic (exact) mass is 262 g/mol. The quantitative estimate of drug-likeness (QED) is 0.504. The molecular weight excluding hydrogens is 248 g/mol. The maximum absolute atomic E-state index is 11.3. The van der Waals surface area contributed by atoms with Crippen molar-refractivity contribution in [1.29, 1.82) is 0 Å². The summed E-state index contributed by atoms with van der Waals surface area (Å²) in [7, 11) is 0. The number of rotatable bonds is 2. The highest BCUT2D eigenvalue weighted by Gasteiger charge is 2.08. The fraction of sp³-hybridized carbons (Fsp3) is 0.0556. The van der Waals surface area contributed by atoms with Gasteiger partial charge in [0, 0.05) is 12.3 Å². The van der Waals surface area contributed by atoms with Crippen LogP contribution in [0.3, 0.4) is 0 Å². The van der Waals surface area contributed by atoms with E-state index in [4.69, 9.17) is 4.74 Å². The molecule has 98 valence electrons. The summed E-state index contributed by atoms with van der Waals surface area (Å²) in [5.74, 6) is 0.301. The van der Waals surface area contributed by atoms with E-state index in [1.165, 1.54) is 6.92 Å². The van der Waals surface area contributed by atoms with Gasteiger partial charge in [-0.25, -0.2) is 0 Å². The summed E-state index contributed by atoms with van der Waals surface area (Å²) in [5.41, 5.74) is 2.15. The van der Waals surface area contributed by atoms with Gasteiger partial charge in [-0.3, -0.25) is 4.79 Å². The molecule has 2 heteroatoms. The number of benzene rings is 3. The summed E-state index contributed by atoms with van der Waals surface area (Å²) in [5, 5.41) is 2.01. The van der Waals surface area contributed by atoms with Crippen molar-refractivity contribution >= 4 is 16.7 Å². The molecule has 0 aliphatic rings. The molecule has 0 bridgehead atoms. The lowest BCUT2D eigenvalue weighted by molar-refractivity contribution is -0.131. The van der Waals surface area contributed by atoms with Crippen LogP contribution in [-0.4, -0.2) is 5.97 Å². The highest BCUT2D eigenvalue weighted by atomic mass is 16.5. The van der Waals surface area contributed by atoms with E-state index in [0.29, 0.717) is 5.75 Å². The first-order valence-corrected chi connectivity index (χ1v) is 6.51. The molecule has 3 aromatic carbocycles. The van der Waals surface area contributed by atoms with Crippen LogP contribution < -0.4 is 4.74 Å². The molecule has 20 heavy (non-hydrogen) atoms. The molecule has 0 aliphatic heterocycles. The third-order valence-electron chi connectivity index (χ3n) is 3.18. The third kappa shape index (κ3) is 2.41. The number of ether oxygens (including phenoxy) is 1. The van der Waals surface area contributed by atoms with Crippen molar-refractivity contribution in [1.82, 2.24) is 0 Å². The largest absolute Gasteiger partial charge is 0.426 e. The Labute approximate surface area is 117 Å². The van der Waals surface area contributed by atoms with Gasteiger partial charge < -0.3 is 4.74 Å². The molecule has 0 radical (unpaired) electrons. The van der Waals surface area contributed by atoms with E-state index in [-0.39, 0.29) is 5.97 Å². The maximum Gasteiger partial charge on any atom is 0.308 e. The molecule has 0 amide bonds. The van der Waals surface area contributed by atoms with Gasteiger partial charge in [-0.05, 0) is 28.6 Å².